The molecular weight excluding hydrogens is 180 g/mol. The summed E-state index contributed by atoms with van der Waals surface area (Å²) in [5, 5.41) is 8.69. The van der Waals surface area contributed by atoms with Gasteiger partial charge in [-0.2, -0.15) is 0 Å². The molecule has 74 valence electrons. The van der Waals surface area contributed by atoms with Gasteiger partial charge in [0.05, 0.1) is 0 Å². The molecule has 1 aromatic rings. The molecule has 0 bridgehead atoms. The molecule has 1 N–H and O–H groups in total. The number of carbonyl (C=O) groups excluding carboxylic acids is 1. The normalized spacial score (nSPS) is 12.1. The predicted molar refractivity (Wildman–Crippen MR) is 52.1 cm³/mol. The Morgan fingerprint density at radius 1 is 1.50 bits per heavy atom. The molecule has 0 radical (unpaired) electrons. The largest absolute Gasteiger partial charge is 0.481 e. The zero-order valence-corrected chi connectivity index (χ0v) is 7.93. The average molecular weight is 192 g/mol. The number of hydrogen-bond acceptors (Lipinski definition) is 2. The van der Waals surface area contributed by atoms with E-state index in [1.165, 1.54) is 0 Å². The van der Waals surface area contributed by atoms with Crippen LogP contribution >= 0.6 is 0 Å². The Balaban J connectivity index is 2.82. The number of carbonyl (C=O) groups is 2. The fourth-order valence-electron chi connectivity index (χ4n) is 1.27. The highest BCUT2D eigenvalue weighted by Crippen LogP contribution is 2.12. The summed E-state index contributed by atoms with van der Waals surface area (Å²) in [6.07, 6.45) is 0.750. The highest BCUT2D eigenvalue weighted by molar-refractivity contribution is 5.86. The molecule has 0 saturated heterocycles. The van der Waals surface area contributed by atoms with Crippen molar-refractivity contribution in [1.29, 1.82) is 0 Å². The van der Waals surface area contributed by atoms with E-state index in [1.807, 2.05) is 31.2 Å². The summed E-state index contributed by atoms with van der Waals surface area (Å²) in [6.45, 7) is 1.90. The summed E-state index contributed by atoms with van der Waals surface area (Å²) in [4.78, 5) is 21.1. The van der Waals surface area contributed by atoms with Crippen LogP contribution in [-0.2, 0) is 16.0 Å². The maximum absolute atomic E-state index is 10.6. The van der Waals surface area contributed by atoms with Crippen molar-refractivity contribution in [2.24, 2.45) is 5.92 Å². The Labute approximate surface area is 82.4 Å². The molecule has 3 heteroatoms. The van der Waals surface area contributed by atoms with Gasteiger partial charge in [-0.3, -0.25) is 4.79 Å². The summed E-state index contributed by atoms with van der Waals surface area (Å²) in [7, 11) is 0. The molecule has 0 aliphatic rings. The quantitative estimate of drug-likeness (QED) is 0.580. The smallest absolute Gasteiger partial charge is 0.314 e. The minimum absolute atomic E-state index is 0.269. The monoisotopic (exact) mass is 192 g/mol. The fourth-order valence-corrected chi connectivity index (χ4v) is 1.27. The van der Waals surface area contributed by atoms with Crippen LogP contribution in [0.4, 0.5) is 0 Å². The Morgan fingerprint density at radius 2 is 2.14 bits per heavy atom. The minimum atomic E-state index is -1.07. The second-order valence-electron chi connectivity index (χ2n) is 3.21. The SMILES string of the molecule is Cc1ccccc1CC(C=O)C(=O)O. The lowest BCUT2D eigenvalue weighted by Gasteiger charge is -2.07. The number of rotatable bonds is 4. The lowest BCUT2D eigenvalue weighted by atomic mass is 9.97. The van der Waals surface area contributed by atoms with Crippen LogP contribution in [0.3, 0.4) is 0 Å². The fraction of sp³-hybridized carbons (Fsp3) is 0.273. The van der Waals surface area contributed by atoms with E-state index >= 15 is 0 Å². The van der Waals surface area contributed by atoms with E-state index in [0.29, 0.717) is 6.29 Å². The lowest BCUT2D eigenvalue weighted by molar-refractivity contribution is -0.143. The van der Waals surface area contributed by atoms with Gasteiger partial charge in [-0.05, 0) is 24.5 Å². The number of carboxylic acid groups (broad SMARTS) is 1. The first-order valence-corrected chi connectivity index (χ1v) is 4.37. The van der Waals surface area contributed by atoms with E-state index in [2.05, 4.69) is 0 Å². The highest BCUT2D eigenvalue weighted by atomic mass is 16.4. The molecule has 3 nitrogen and oxygen atoms in total. The van der Waals surface area contributed by atoms with E-state index < -0.39 is 11.9 Å². The van der Waals surface area contributed by atoms with Gasteiger partial charge in [0.2, 0.25) is 0 Å². The summed E-state index contributed by atoms with van der Waals surface area (Å²) in [6, 6.07) is 7.47. The molecule has 0 aromatic heterocycles. The second-order valence-corrected chi connectivity index (χ2v) is 3.21. The molecule has 0 fully saturated rings. The van der Waals surface area contributed by atoms with E-state index in [4.69, 9.17) is 5.11 Å². The molecule has 0 spiro atoms. The van der Waals surface area contributed by atoms with Crippen molar-refractivity contribution in [2.45, 2.75) is 13.3 Å². The molecule has 0 aliphatic carbocycles. The van der Waals surface area contributed by atoms with Gasteiger partial charge in [0.15, 0.2) is 0 Å². The molecule has 14 heavy (non-hydrogen) atoms. The van der Waals surface area contributed by atoms with Crippen molar-refractivity contribution >= 4 is 12.3 Å². The maximum atomic E-state index is 10.6. The van der Waals surface area contributed by atoms with Gasteiger partial charge in [-0.1, -0.05) is 24.3 Å². The van der Waals surface area contributed by atoms with Gasteiger partial charge in [-0.25, -0.2) is 0 Å². The van der Waals surface area contributed by atoms with Crippen LogP contribution in [0.1, 0.15) is 11.1 Å². The van der Waals surface area contributed by atoms with Crippen molar-refractivity contribution in [3.8, 4) is 0 Å². The predicted octanol–water partition coefficient (Wildman–Crippen LogP) is 1.44. The van der Waals surface area contributed by atoms with E-state index in [-0.39, 0.29) is 6.42 Å². The van der Waals surface area contributed by atoms with Crippen LogP contribution in [0.5, 0.6) is 0 Å². The summed E-state index contributed by atoms with van der Waals surface area (Å²) >= 11 is 0. The molecule has 0 heterocycles. The first-order valence-electron chi connectivity index (χ1n) is 4.37. The Kier molecular flexibility index (Phi) is 3.40. The molecular formula is C11H12O3. The van der Waals surface area contributed by atoms with Crippen LogP contribution in [0.15, 0.2) is 24.3 Å². The first kappa shape index (κ1) is 10.4. The zero-order chi connectivity index (χ0) is 10.6. The van der Waals surface area contributed by atoms with E-state index in [1.54, 1.807) is 0 Å². The number of aliphatic carboxylic acids is 1. The first-order chi connectivity index (χ1) is 6.65. The topological polar surface area (TPSA) is 54.4 Å². The number of aldehydes is 1. The number of carboxylic acids is 1. The van der Waals surface area contributed by atoms with Crippen molar-refractivity contribution in [3.63, 3.8) is 0 Å². The molecule has 0 saturated carbocycles. The van der Waals surface area contributed by atoms with Gasteiger partial charge in [0, 0.05) is 0 Å². The Morgan fingerprint density at radius 3 is 2.64 bits per heavy atom. The lowest BCUT2D eigenvalue weighted by Crippen LogP contribution is -2.18. The molecule has 0 amide bonds. The molecule has 1 aromatic carbocycles. The standard InChI is InChI=1S/C11H12O3/c1-8-4-2-3-5-9(8)6-10(7-12)11(13)14/h2-5,7,10H,6H2,1H3,(H,13,14). The minimum Gasteiger partial charge on any atom is -0.481 e. The molecule has 1 unspecified atom stereocenters. The van der Waals surface area contributed by atoms with Crippen molar-refractivity contribution in [3.05, 3.63) is 35.4 Å². The van der Waals surface area contributed by atoms with Gasteiger partial charge >= 0.3 is 5.97 Å². The third kappa shape index (κ3) is 2.42. The van der Waals surface area contributed by atoms with Crippen LogP contribution in [0.25, 0.3) is 0 Å². The zero-order valence-electron chi connectivity index (χ0n) is 7.93. The number of hydrogen-bond donors (Lipinski definition) is 1. The second kappa shape index (κ2) is 4.56. The summed E-state index contributed by atoms with van der Waals surface area (Å²) in [5.41, 5.74) is 1.92. The molecule has 0 aliphatic heterocycles. The summed E-state index contributed by atoms with van der Waals surface area (Å²) < 4.78 is 0. The van der Waals surface area contributed by atoms with Crippen molar-refractivity contribution < 1.29 is 14.7 Å². The van der Waals surface area contributed by atoms with Crippen molar-refractivity contribution in [1.82, 2.24) is 0 Å². The maximum Gasteiger partial charge on any atom is 0.314 e. The van der Waals surface area contributed by atoms with E-state index in [9.17, 15) is 9.59 Å². The van der Waals surface area contributed by atoms with Crippen LogP contribution in [0.2, 0.25) is 0 Å². The van der Waals surface area contributed by atoms with Crippen molar-refractivity contribution in [2.75, 3.05) is 0 Å². The molecule has 1 rings (SSSR count). The van der Waals surface area contributed by atoms with Gasteiger partial charge in [-0.15, -0.1) is 0 Å². The number of aryl methyl sites for hydroxylation is 1. The van der Waals surface area contributed by atoms with Crippen LogP contribution in [0, 0.1) is 12.8 Å². The number of benzene rings is 1. The molecule has 1 atom stereocenters. The van der Waals surface area contributed by atoms with Crippen LogP contribution in [-0.4, -0.2) is 17.4 Å². The van der Waals surface area contributed by atoms with Crippen LogP contribution < -0.4 is 0 Å². The summed E-state index contributed by atoms with van der Waals surface area (Å²) in [5.74, 6) is -2.00. The average Bonchev–Trinajstić information content (AvgIpc) is 2.16. The third-order valence-corrected chi connectivity index (χ3v) is 2.18. The van der Waals surface area contributed by atoms with E-state index in [0.717, 1.165) is 11.1 Å². The third-order valence-electron chi connectivity index (χ3n) is 2.18. The Hall–Kier alpha value is -1.64. The van der Waals surface area contributed by atoms with Gasteiger partial charge in [0.1, 0.15) is 12.2 Å². The van der Waals surface area contributed by atoms with Gasteiger partial charge < -0.3 is 9.90 Å². The van der Waals surface area contributed by atoms with Gasteiger partial charge in [0.25, 0.3) is 0 Å². The highest BCUT2D eigenvalue weighted by Gasteiger charge is 2.17. The Bertz CT molecular complexity index is 344.